The molecule has 5 aliphatic rings. The lowest BCUT2D eigenvalue weighted by Crippen LogP contribution is -2.52. The fourth-order valence-electron chi connectivity index (χ4n) is 7.58. The van der Waals surface area contributed by atoms with Gasteiger partial charge in [-0.2, -0.15) is 0 Å². The van der Waals surface area contributed by atoms with Crippen LogP contribution < -0.4 is 4.74 Å². The van der Waals surface area contributed by atoms with Crippen molar-refractivity contribution in [3.05, 3.63) is 29.8 Å². The first-order valence-corrected chi connectivity index (χ1v) is 11.8. The van der Waals surface area contributed by atoms with Crippen molar-refractivity contribution in [1.82, 2.24) is 0 Å². The highest BCUT2D eigenvalue weighted by atomic mass is 16.5. The molecule has 1 aromatic carbocycles. The van der Waals surface area contributed by atoms with Crippen molar-refractivity contribution in [2.75, 3.05) is 33.3 Å². The van der Waals surface area contributed by atoms with Crippen LogP contribution in [0.2, 0.25) is 0 Å². The Kier molecular flexibility index (Phi) is 4.95. The first-order chi connectivity index (χ1) is 13.5. The molecule has 154 valence electrons. The minimum atomic E-state index is -0.383. The first-order valence-electron chi connectivity index (χ1n) is 11.8. The zero-order valence-corrected chi connectivity index (χ0v) is 17.6. The van der Waals surface area contributed by atoms with Gasteiger partial charge < -0.3 is 14.3 Å². The summed E-state index contributed by atoms with van der Waals surface area (Å²) in [5.41, 5.74) is 2.01. The third-order valence-electron chi connectivity index (χ3n) is 8.49. The van der Waals surface area contributed by atoms with Crippen LogP contribution in [0.3, 0.4) is 0 Å². The van der Waals surface area contributed by atoms with Crippen LogP contribution in [-0.4, -0.2) is 49.0 Å². The molecular weight excluding hydrogens is 346 g/mol. The molecule has 4 bridgehead atoms. The molecule has 3 nitrogen and oxygen atoms in total. The maximum absolute atomic E-state index is 10.5. The summed E-state index contributed by atoms with van der Waals surface area (Å²) in [6.45, 7) is 3.60. The number of likely N-dealkylation sites (N-methyl/N-ethyl adjacent to an activating group) is 1. The molecule has 1 atom stereocenters. The van der Waals surface area contributed by atoms with Gasteiger partial charge >= 0.3 is 0 Å². The van der Waals surface area contributed by atoms with Crippen LogP contribution in [-0.2, 0) is 5.41 Å². The van der Waals surface area contributed by atoms with Gasteiger partial charge in [0.25, 0.3) is 0 Å². The van der Waals surface area contributed by atoms with Gasteiger partial charge in [-0.05, 0) is 98.7 Å². The van der Waals surface area contributed by atoms with E-state index in [-0.39, 0.29) is 6.10 Å². The van der Waals surface area contributed by atoms with Crippen molar-refractivity contribution in [2.24, 2.45) is 17.8 Å². The Morgan fingerprint density at radius 1 is 0.964 bits per heavy atom. The predicted molar refractivity (Wildman–Crippen MR) is 112 cm³/mol. The molecule has 4 aliphatic carbocycles. The van der Waals surface area contributed by atoms with Gasteiger partial charge in [0.1, 0.15) is 25.0 Å². The van der Waals surface area contributed by atoms with Crippen LogP contribution in [0.1, 0.15) is 63.4 Å². The van der Waals surface area contributed by atoms with E-state index in [0.29, 0.717) is 12.0 Å². The molecule has 1 saturated heterocycles. The summed E-state index contributed by atoms with van der Waals surface area (Å²) < 4.78 is 6.96. The normalized spacial score (nSPS) is 37.0. The SMILES string of the molecule is C[N+]1(C[C@@H](O)COc2ccc(C34CC5CC(CC(C5)C3)C4)cc2)CCCCC1. The number of benzene rings is 1. The van der Waals surface area contributed by atoms with E-state index in [9.17, 15) is 5.11 Å². The van der Waals surface area contributed by atoms with Crippen molar-refractivity contribution in [3.63, 3.8) is 0 Å². The summed E-state index contributed by atoms with van der Waals surface area (Å²) in [4.78, 5) is 0. The highest BCUT2D eigenvalue weighted by Crippen LogP contribution is 2.60. The average molecular weight is 385 g/mol. The number of likely N-dealkylation sites (tertiary alicyclic amines) is 1. The molecule has 1 aliphatic heterocycles. The molecule has 1 N–H and O–H groups in total. The summed E-state index contributed by atoms with van der Waals surface area (Å²) in [5.74, 6) is 3.86. The molecule has 0 aromatic heterocycles. The van der Waals surface area contributed by atoms with E-state index < -0.39 is 0 Å². The first kappa shape index (κ1) is 18.9. The molecule has 28 heavy (non-hydrogen) atoms. The van der Waals surface area contributed by atoms with Gasteiger partial charge in [-0.3, -0.25) is 0 Å². The molecule has 0 unspecified atom stereocenters. The van der Waals surface area contributed by atoms with E-state index in [0.717, 1.165) is 34.5 Å². The fraction of sp³-hybridized carbons (Fsp3) is 0.760. The van der Waals surface area contributed by atoms with Gasteiger partial charge in [0.15, 0.2) is 0 Å². The fourth-order valence-corrected chi connectivity index (χ4v) is 7.58. The van der Waals surface area contributed by atoms with Crippen LogP contribution >= 0.6 is 0 Å². The molecule has 5 fully saturated rings. The average Bonchev–Trinajstić information content (AvgIpc) is 2.66. The topological polar surface area (TPSA) is 29.5 Å². The Hall–Kier alpha value is -1.06. The minimum absolute atomic E-state index is 0.383. The number of aliphatic hydroxyl groups is 1. The van der Waals surface area contributed by atoms with Gasteiger partial charge in [0.2, 0.25) is 0 Å². The number of hydrogen-bond donors (Lipinski definition) is 1. The number of rotatable bonds is 6. The zero-order valence-electron chi connectivity index (χ0n) is 17.6. The monoisotopic (exact) mass is 384 g/mol. The number of nitrogens with zero attached hydrogens (tertiary/aromatic N) is 1. The van der Waals surface area contributed by atoms with Gasteiger partial charge in [0, 0.05) is 0 Å². The molecular formula is C25H38NO2+. The summed E-state index contributed by atoms with van der Waals surface area (Å²) in [5, 5.41) is 10.5. The second-order valence-electron chi connectivity index (χ2n) is 11.0. The lowest BCUT2D eigenvalue weighted by atomic mass is 9.48. The van der Waals surface area contributed by atoms with Gasteiger partial charge in [-0.1, -0.05) is 12.1 Å². The predicted octanol–water partition coefficient (Wildman–Crippen LogP) is 4.52. The Labute approximate surface area is 170 Å². The van der Waals surface area contributed by atoms with Crippen molar-refractivity contribution in [1.29, 1.82) is 0 Å². The number of hydrogen-bond acceptors (Lipinski definition) is 2. The lowest BCUT2D eigenvalue weighted by Gasteiger charge is -2.57. The highest BCUT2D eigenvalue weighted by molar-refractivity contribution is 5.34. The second-order valence-corrected chi connectivity index (χ2v) is 11.0. The van der Waals surface area contributed by atoms with Crippen molar-refractivity contribution in [2.45, 2.75) is 69.3 Å². The Morgan fingerprint density at radius 2 is 1.54 bits per heavy atom. The lowest BCUT2D eigenvalue weighted by molar-refractivity contribution is -0.916. The molecule has 1 aromatic rings. The van der Waals surface area contributed by atoms with E-state index in [4.69, 9.17) is 4.74 Å². The minimum Gasteiger partial charge on any atom is -0.491 e. The molecule has 0 radical (unpaired) electrons. The summed E-state index contributed by atoms with van der Waals surface area (Å²) in [7, 11) is 2.28. The zero-order chi connectivity index (χ0) is 19.2. The van der Waals surface area contributed by atoms with Crippen LogP contribution in [0, 0.1) is 17.8 Å². The van der Waals surface area contributed by atoms with Crippen molar-refractivity contribution in [3.8, 4) is 5.75 Å². The van der Waals surface area contributed by atoms with Crippen LogP contribution in [0.25, 0.3) is 0 Å². The molecule has 3 heteroatoms. The van der Waals surface area contributed by atoms with Gasteiger partial charge in [0.05, 0.1) is 20.1 Å². The van der Waals surface area contributed by atoms with Crippen LogP contribution in [0.4, 0.5) is 0 Å². The number of piperidine rings is 1. The van der Waals surface area contributed by atoms with E-state index in [2.05, 4.69) is 31.3 Å². The van der Waals surface area contributed by atoms with Crippen molar-refractivity contribution < 1.29 is 14.3 Å². The maximum atomic E-state index is 10.5. The summed E-state index contributed by atoms with van der Waals surface area (Å²) >= 11 is 0. The highest BCUT2D eigenvalue weighted by Gasteiger charge is 2.51. The Morgan fingerprint density at radius 3 is 2.11 bits per heavy atom. The molecule has 0 amide bonds. The smallest absolute Gasteiger partial charge is 0.137 e. The van der Waals surface area contributed by atoms with E-state index in [1.165, 1.54) is 70.9 Å². The maximum Gasteiger partial charge on any atom is 0.137 e. The second kappa shape index (κ2) is 7.32. The molecule has 4 saturated carbocycles. The van der Waals surface area contributed by atoms with Crippen molar-refractivity contribution >= 4 is 0 Å². The van der Waals surface area contributed by atoms with Gasteiger partial charge in [-0.25, -0.2) is 0 Å². The largest absolute Gasteiger partial charge is 0.491 e. The van der Waals surface area contributed by atoms with E-state index >= 15 is 0 Å². The Balaban J connectivity index is 1.18. The third-order valence-corrected chi connectivity index (χ3v) is 8.49. The quantitative estimate of drug-likeness (QED) is 0.731. The standard InChI is InChI=1S/C25H38NO2/c1-26(9-3-2-4-10-26)17-23(27)18-28-24-7-5-22(6-8-24)25-14-19-11-20(15-25)13-21(12-19)16-25/h5-8,19-21,23,27H,2-4,9-18H2,1H3/q+1/t19?,20?,21?,23-,25?/m1/s1. The number of aliphatic hydroxyl groups excluding tert-OH is 1. The van der Waals surface area contributed by atoms with E-state index in [1.54, 1.807) is 5.56 Å². The molecule has 1 heterocycles. The van der Waals surface area contributed by atoms with Crippen LogP contribution in [0.15, 0.2) is 24.3 Å². The third kappa shape index (κ3) is 3.73. The summed E-state index contributed by atoms with van der Waals surface area (Å²) in [6, 6.07) is 8.95. The van der Waals surface area contributed by atoms with Crippen LogP contribution in [0.5, 0.6) is 5.75 Å². The molecule has 6 rings (SSSR count). The number of ether oxygens (including phenoxy) is 1. The number of quaternary nitrogens is 1. The summed E-state index contributed by atoms with van der Waals surface area (Å²) in [6.07, 6.45) is 12.3. The van der Waals surface area contributed by atoms with E-state index in [1.807, 2.05) is 0 Å². The van der Waals surface area contributed by atoms with Gasteiger partial charge in [-0.15, -0.1) is 0 Å². The Bertz CT molecular complexity index is 641. The molecule has 0 spiro atoms.